The lowest BCUT2D eigenvalue weighted by Crippen LogP contribution is -2.58. The lowest BCUT2D eigenvalue weighted by atomic mass is 10.2. The molecule has 1 saturated heterocycles. The minimum absolute atomic E-state index is 0.116. The summed E-state index contributed by atoms with van der Waals surface area (Å²) in [4.78, 5) is 23.3. The molecule has 5 N–H and O–H groups in total. The van der Waals surface area contributed by atoms with E-state index in [-0.39, 0.29) is 42.4 Å². The van der Waals surface area contributed by atoms with Gasteiger partial charge in [0.1, 0.15) is 5.50 Å². The highest BCUT2D eigenvalue weighted by Gasteiger charge is 2.23. The molecule has 1 fully saturated rings. The molecule has 2 aliphatic rings. The van der Waals surface area contributed by atoms with Crippen LogP contribution in [0.4, 0.5) is 0 Å². The van der Waals surface area contributed by atoms with Gasteiger partial charge >= 0.3 is 0 Å². The quantitative estimate of drug-likeness (QED) is 0.569. The van der Waals surface area contributed by atoms with E-state index in [9.17, 15) is 9.59 Å². The molecule has 1 aromatic carbocycles. The van der Waals surface area contributed by atoms with Crippen LogP contribution in [-0.4, -0.2) is 36.0 Å². The number of thioether (sulfide) groups is 1. The molecule has 2 atom stereocenters. The maximum absolute atomic E-state index is 11.9. The van der Waals surface area contributed by atoms with Crippen LogP contribution in [0.2, 0.25) is 0 Å². The first-order valence-corrected chi connectivity index (χ1v) is 8.23. The van der Waals surface area contributed by atoms with Gasteiger partial charge in [0.2, 0.25) is 18.6 Å². The zero-order valence-electron chi connectivity index (χ0n) is 12.3. The second-order valence-corrected chi connectivity index (χ2v) is 6.29. The van der Waals surface area contributed by atoms with Crippen LogP contribution < -0.4 is 31.2 Å². The van der Waals surface area contributed by atoms with Gasteiger partial charge in [-0.1, -0.05) is 6.07 Å². The molecular formula is C14H18N4O4S. The van der Waals surface area contributed by atoms with Crippen molar-refractivity contribution in [1.29, 1.82) is 0 Å². The fourth-order valence-corrected chi connectivity index (χ4v) is 3.16. The number of amides is 2. The number of ether oxygens (including phenoxy) is 2. The van der Waals surface area contributed by atoms with E-state index in [0.29, 0.717) is 18.0 Å². The van der Waals surface area contributed by atoms with E-state index in [0.717, 1.165) is 5.56 Å². The molecule has 0 bridgehead atoms. The van der Waals surface area contributed by atoms with Crippen molar-refractivity contribution in [3.8, 4) is 11.5 Å². The Hall–Kier alpha value is -1.97. The minimum Gasteiger partial charge on any atom is -0.454 e. The fraction of sp³-hybridized carbons (Fsp3) is 0.429. The Morgan fingerprint density at radius 2 is 2.22 bits per heavy atom. The zero-order chi connectivity index (χ0) is 16.2. The number of hydrogen-bond acceptors (Lipinski definition) is 7. The van der Waals surface area contributed by atoms with E-state index in [1.165, 1.54) is 11.8 Å². The average Bonchev–Trinajstić information content (AvgIpc) is 2.97. The van der Waals surface area contributed by atoms with Crippen molar-refractivity contribution in [3.63, 3.8) is 0 Å². The van der Waals surface area contributed by atoms with Crippen LogP contribution in [0.3, 0.4) is 0 Å². The third-order valence-electron chi connectivity index (χ3n) is 3.37. The lowest BCUT2D eigenvalue weighted by molar-refractivity contribution is -0.123. The Balaban J connectivity index is 1.42. The lowest BCUT2D eigenvalue weighted by Gasteiger charge is -2.28. The summed E-state index contributed by atoms with van der Waals surface area (Å²) in [5.41, 5.74) is 6.28. The molecule has 2 unspecified atom stereocenters. The van der Waals surface area contributed by atoms with E-state index >= 15 is 0 Å². The smallest absolute Gasteiger partial charge is 0.231 e. The van der Waals surface area contributed by atoms with Crippen LogP contribution in [0, 0.1) is 0 Å². The first-order chi connectivity index (χ1) is 11.1. The number of benzene rings is 1. The van der Waals surface area contributed by atoms with Crippen LogP contribution in [0.1, 0.15) is 12.0 Å². The van der Waals surface area contributed by atoms with Gasteiger partial charge < -0.3 is 25.8 Å². The molecular weight excluding hydrogens is 320 g/mol. The van der Waals surface area contributed by atoms with Crippen molar-refractivity contribution in [1.82, 2.24) is 16.0 Å². The molecule has 0 spiro atoms. The first-order valence-electron chi connectivity index (χ1n) is 7.18. The summed E-state index contributed by atoms with van der Waals surface area (Å²) in [7, 11) is 0. The highest BCUT2D eigenvalue weighted by Crippen LogP contribution is 2.32. The van der Waals surface area contributed by atoms with Gasteiger partial charge in [-0.2, -0.15) is 0 Å². The maximum atomic E-state index is 11.9. The van der Waals surface area contributed by atoms with Gasteiger partial charge in [-0.3, -0.25) is 14.9 Å². The SMILES string of the molecule is NC1CC(=O)NC(SCC(=O)NCc2ccc3c(c2)OCO3)N1. The molecule has 23 heavy (non-hydrogen) atoms. The van der Waals surface area contributed by atoms with Crippen LogP contribution >= 0.6 is 11.8 Å². The Labute approximate surface area is 137 Å². The monoisotopic (exact) mass is 338 g/mol. The topological polar surface area (TPSA) is 115 Å². The van der Waals surface area contributed by atoms with Crippen molar-refractivity contribution in [2.24, 2.45) is 5.73 Å². The second kappa shape index (κ2) is 7.07. The van der Waals surface area contributed by atoms with Crippen molar-refractivity contribution in [2.75, 3.05) is 12.5 Å². The fourth-order valence-electron chi connectivity index (χ4n) is 2.25. The molecule has 0 aromatic heterocycles. The highest BCUT2D eigenvalue weighted by molar-refractivity contribution is 8.00. The van der Waals surface area contributed by atoms with E-state index in [1.807, 2.05) is 18.2 Å². The molecule has 0 saturated carbocycles. The van der Waals surface area contributed by atoms with Crippen LogP contribution in [0.15, 0.2) is 18.2 Å². The Morgan fingerprint density at radius 1 is 1.39 bits per heavy atom. The van der Waals surface area contributed by atoms with E-state index in [2.05, 4.69) is 16.0 Å². The molecule has 0 aliphatic carbocycles. The van der Waals surface area contributed by atoms with Gasteiger partial charge in [-0.15, -0.1) is 11.8 Å². The second-order valence-electron chi connectivity index (χ2n) is 5.20. The van der Waals surface area contributed by atoms with Crippen molar-refractivity contribution >= 4 is 23.6 Å². The summed E-state index contributed by atoms with van der Waals surface area (Å²) in [6, 6.07) is 5.54. The van der Waals surface area contributed by atoms with Crippen molar-refractivity contribution in [2.45, 2.75) is 24.6 Å². The molecule has 8 nitrogen and oxygen atoms in total. The van der Waals surface area contributed by atoms with E-state index in [4.69, 9.17) is 15.2 Å². The predicted octanol–water partition coefficient (Wildman–Crippen LogP) is -0.557. The number of carbonyl (C=O) groups excluding carboxylic acids is 2. The molecule has 0 radical (unpaired) electrons. The molecule has 2 aliphatic heterocycles. The van der Waals surface area contributed by atoms with Gasteiger partial charge in [0.15, 0.2) is 11.5 Å². The number of nitrogens with one attached hydrogen (secondary N) is 3. The summed E-state index contributed by atoms with van der Waals surface area (Å²) in [6.45, 7) is 0.629. The summed E-state index contributed by atoms with van der Waals surface area (Å²) in [5, 5.41) is 8.55. The van der Waals surface area contributed by atoms with Gasteiger partial charge in [0, 0.05) is 6.54 Å². The third-order valence-corrected chi connectivity index (χ3v) is 4.39. The van der Waals surface area contributed by atoms with Crippen molar-refractivity contribution in [3.05, 3.63) is 23.8 Å². The van der Waals surface area contributed by atoms with Gasteiger partial charge in [0.25, 0.3) is 0 Å². The molecule has 1 aromatic rings. The Morgan fingerprint density at radius 3 is 3.04 bits per heavy atom. The minimum atomic E-state index is -0.377. The number of hydrogen-bond donors (Lipinski definition) is 4. The molecule has 3 rings (SSSR count). The van der Waals surface area contributed by atoms with Crippen LogP contribution in [0.5, 0.6) is 11.5 Å². The number of nitrogens with two attached hydrogens (primary N) is 1. The average molecular weight is 338 g/mol. The van der Waals surface area contributed by atoms with Crippen molar-refractivity contribution < 1.29 is 19.1 Å². The number of carbonyl (C=O) groups is 2. The summed E-state index contributed by atoms with van der Waals surface area (Å²) < 4.78 is 10.5. The normalized spacial score (nSPS) is 22.6. The van der Waals surface area contributed by atoms with Gasteiger partial charge in [-0.25, -0.2) is 0 Å². The number of rotatable bonds is 5. The van der Waals surface area contributed by atoms with E-state index < -0.39 is 0 Å². The predicted molar refractivity (Wildman–Crippen MR) is 84.5 cm³/mol. The molecule has 2 amide bonds. The summed E-state index contributed by atoms with van der Waals surface area (Å²) >= 11 is 1.29. The largest absolute Gasteiger partial charge is 0.454 e. The summed E-state index contributed by atoms with van der Waals surface area (Å²) in [5.74, 6) is 1.38. The van der Waals surface area contributed by atoms with Gasteiger partial charge in [0.05, 0.1) is 18.3 Å². The molecule has 124 valence electrons. The van der Waals surface area contributed by atoms with Gasteiger partial charge in [-0.05, 0) is 17.7 Å². The third kappa shape index (κ3) is 4.27. The summed E-state index contributed by atoms with van der Waals surface area (Å²) in [6.07, 6.45) is -0.133. The van der Waals surface area contributed by atoms with E-state index in [1.54, 1.807) is 0 Å². The first kappa shape index (κ1) is 15.9. The molecule has 2 heterocycles. The Kier molecular flexibility index (Phi) is 4.89. The highest BCUT2D eigenvalue weighted by atomic mass is 32.2. The maximum Gasteiger partial charge on any atom is 0.231 e. The molecule has 9 heteroatoms. The van der Waals surface area contributed by atoms with Crippen LogP contribution in [0.25, 0.3) is 0 Å². The standard InChI is InChI=1S/C14H18N4O4S/c15-11-4-12(19)18-14(17-11)23-6-13(20)16-5-8-1-2-9-10(3-8)22-7-21-9/h1-3,11,14,17H,4-7,15H2,(H,16,20)(H,18,19). The zero-order valence-corrected chi connectivity index (χ0v) is 13.2. The van der Waals surface area contributed by atoms with Crippen LogP contribution in [-0.2, 0) is 16.1 Å². The Bertz CT molecular complexity index is 612. The number of fused-ring (bicyclic) bond motifs is 1.